The van der Waals surface area contributed by atoms with Crippen LogP contribution in [-0.2, 0) is 6.42 Å². The third-order valence-electron chi connectivity index (χ3n) is 3.64. The molecule has 0 fully saturated rings. The Morgan fingerprint density at radius 3 is 3.09 bits per heavy atom. The maximum absolute atomic E-state index is 11.4. The molecule has 2 aromatic rings. The highest BCUT2D eigenvalue weighted by Crippen LogP contribution is 2.26. The first-order valence-corrected chi connectivity index (χ1v) is 8.05. The van der Waals surface area contributed by atoms with E-state index in [1.165, 1.54) is 16.9 Å². The molecule has 1 aromatic heterocycles. The summed E-state index contributed by atoms with van der Waals surface area (Å²) in [6.07, 6.45) is 2.96. The quantitative estimate of drug-likeness (QED) is 0.451. The maximum atomic E-state index is 11.4. The topological polar surface area (TPSA) is 102 Å². The van der Waals surface area contributed by atoms with Crippen molar-refractivity contribution in [2.75, 3.05) is 12.5 Å². The van der Waals surface area contributed by atoms with Gasteiger partial charge < -0.3 is 4.74 Å². The number of benzene rings is 1. The Morgan fingerprint density at radius 2 is 2.30 bits per heavy atom. The van der Waals surface area contributed by atoms with Gasteiger partial charge in [-0.25, -0.2) is 10.8 Å². The first-order chi connectivity index (χ1) is 11.2. The molecular weight excluding hydrogens is 314 g/mol. The molecule has 4 N–H and O–H groups in total. The van der Waals surface area contributed by atoms with Crippen LogP contribution >= 0.6 is 11.3 Å². The Morgan fingerprint density at radius 1 is 1.43 bits per heavy atom. The Labute approximate surface area is 137 Å². The second-order valence-electron chi connectivity index (χ2n) is 5.06. The number of thiazole rings is 1. The number of aromatic nitrogens is 1. The number of hydrogen-bond donors (Lipinski definition) is 3. The van der Waals surface area contributed by atoms with Crippen molar-refractivity contribution in [2.24, 2.45) is 10.9 Å². The summed E-state index contributed by atoms with van der Waals surface area (Å²) in [5.74, 6) is 5.53. The lowest BCUT2D eigenvalue weighted by Gasteiger charge is -2.18. The molecule has 0 aliphatic heterocycles. The molecule has 1 aliphatic carbocycles. The lowest BCUT2D eigenvalue weighted by Crippen LogP contribution is -2.30. The molecule has 3 rings (SSSR count). The molecule has 0 radical (unpaired) electrons. The van der Waals surface area contributed by atoms with Crippen molar-refractivity contribution in [3.63, 3.8) is 0 Å². The van der Waals surface area contributed by atoms with Crippen LogP contribution in [0.1, 0.15) is 34.5 Å². The van der Waals surface area contributed by atoms with Crippen LogP contribution < -0.4 is 21.4 Å². The van der Waals surface area contributed by atoms with E-state index in [0.29, 0.717) is 5.13 Å². The number of fused-ring (bicyclic) bond motifs is 1. The van der Waals surface area contributed by atoms with Crippen LogP contribution in [0.4, 0.5) is 5.13 Å². The number of nitrogens with two attached hydrogens (primary N) is 1. The van der Waals surface area contributed by atoms with Crippen molar-refractivity contribution in [1.82, 2.24) is 10.4 Å². The number of anilines is 1. The molecule has 8 heteroatoms. The average Bonchev–Trinajstić information content (AvgIpc) is 3.07. The largest absolute Gasteiger partial charge is 0.497 e. The number of aryl methyl sites for hydroxylation is 1. The number of rotatable bonds is 4. The van der Waals surface area contributed by atoms with E-state index < -0.39 is 5.91 Å². The summed E-state index contributed by atoms with van der Waals surface area (Å²) in [5, 5.41) is 6.64. The number of carbonyl (C=O) groups excluding carboxylic acids is 1. The first kappa shape index (κ1) is 15.4. The van der Waals surface area contributed by atoms with Gasteiger partial charge in [-0.2, -0.15) is 5.10 Å². The van der Waals surface area contributed by atoms with Crippen LogP contribution in [0.2, 0.25) is 0 Å². The number of hydrazine groups is 1. The molecule has 0 bridgehead atoms. The zero-order valence-electron chi connectivity index (χ0n) is 12.6. The van der Waals surface area contributed by atoms with Gasteiger partial charge in [-0.3, -0.25) is 15.6 Å². The van der Waals surface area contributed by atoms with Crippen LogP contribution in [0.3, 0.4) is 0 Å². The van der Waals surface area contributed by atoms with E-state index in [0.717, 1.165) is 36.3 Å². The van der Waals surface area contributed by atoms with Crippen LogP contribution in [-0.4, -0.2) is 23.7 Å². The summed E-state index contributed by atoms with van der Waals surface area (Å²) >= 11 is 1.30. The molecule has 7 nitrogen and oxygen atoms in total. The lowest BCUT2D eigenvalue weighted by molar-refractivity contribution is 0.0949. The molecule has 0 atom stereocenters. The van der Waals surface area contributed by atoms with Crippen LogP contribution in [0, 0.1) is 0 Å². The smallest absolute Gasteiger partial charge is 0.284 e. The zero-order chi connectivity index (χ0) is 16.2. The van der Waals surface area contributed by atoms with Crippen LogP contribution in [0.25, 0.3) is 0 Å². The second-order valence-corrected chi connectivity index (χ2v) is 5.92. The molecule has 1 heterocycles. The van der Waals surface area contributed by atoms with E-state index in [9.17, 15) is 4.79 Å². The van der Waals surface area contributed by atoms with E-state index >= 15 is 0 Å². The van der Waals surface area contributed by atoms with Gasteiger partial charge in [0.15, 0.2) is 0 Å². The highest BCUT2D eigenvalue weighted by Gasteiger charge is 2.16. The van der Waals surface area contributed by atoms with Gasteiger partial charge in [-0.15, -0.1) is 11.3 Å². The Kier molecular flexibility index (Phi) is 4.54. The molecule has 1 aliphatic rings. The van der Waals surface area contributed by atoms with Crippen LogP contribution in [0.15, 0.2) is 28.7 Å². The van der Waals surface area contributed by atoms with Crippen molar-refractivity contribution in [3.05, 3.63) is 40.4 Å². The zero-order valence-corrected chi connectivity index (χ0v) is 13.4. The summed E-state index contributed by atoms with van der Waals surface area (Å²) in [4.78, 5) is 15.5. The minimum atomic E-state index is -0.419. The number of carbonyl (C=O) groups is 1. The number of ether oxygens (including phenoxy) is 1. The second kappa shape index (κ2) is 6.76. The van der Waals surface area contributed by atoms with Gasteiger partial charge in [0, 0.05) is 10.9 Å². The van der Waals surface area contributed by atoms with E-state index in [-0.39, 0.29) is 5.69 Å². The van der Waals surface area contributed by atoms with Crippen molar-refractivity contribution in [3.8, 4) is 5.75 Å². The monoisotopic (exact) mass is 331 g/mol. The number of nitrogens with one attached hydrogen (secondary N) is 2. The summed E-state index contributed by atoms with van der Waals surface area (Å²) < 4.78 is 5.27. The predicted octanol–water partition coefficient (Wildman–Crippen LogP) is 1.91. The molecule has 0 spiro atoms. The fraction of sp³-hybridized carbons (Fsp3) is 0.267. The molecule has 1 amide bonds. The third kappa shape index (κ3) is 3.33. The molecular formula is C15H17N5O2S. The number of nitrogen functional groups attached to an aromatic ring is 1. The Hall–Kier alpha value is -2.45. The maximum Gasteiger partial charge on any atom is 0.284 e. The van der Waals surface area contributed by atoms with E-state index in [2.05, 4.69) is 27.0 Å². The minimum Gasteiger partial charge on any atom is -0.497 e. The molecule has 120 valence electrons. The number of hydrogen-bond acceptors (Lipinski definition) is 7. The Bertz CT molecular complexity index is 756. The number of methoxy groups -OCH3 is 1. The van der Waals surface area contributed by atoms with Gasteiger partial charge in [-0.05, 0) is 43.0 Å². The van der Waals surface area contributed by atoms with Gasteiger partial charge in [0.1, 0.15) is 11.4 Å². The van der Waals surface area contributed by atoms with Gasteiger partial charge in [0.25, 0.3) is 5.91 Å². The number of amides is 1. The Balaban J connectivity index is 1.79. The number of nitrogens with zero attached hydrogens (tertiary/aromatic N) is 2. The summed E-state index contributed by atoms with van der Waals surface area (Å²) in [6.45, 7) is 0. The van der Waals surface area contributed by atoms with Gasteiger partial charge >= 0.3 is 0 Å². The predicted molar refractivity (Wildman–Crippen MR) is 89.9 cm³/mol. The minimum absolute atomic E-state index is 0.272. The normalized spacial score (nSPS) is 15.1. The van der Waals surface area contributed by atoms with Crippen LogP contribution in [0.5, 0.6) is 5.75 Å². The van der Waals surface area contributed by atoms with E-state index in [1.54, 1.807) is 12.5 Å². The molecule has 0 saturated heterocycles. The number of hydrazone groups is 1. The lowest BCUT2D eigenvalue weighted by atomic mass is 9.90. The first-order valence-electron chi connectivity index (χ1n) is 7.17. The summed E-state index contributed by atoms with van der Waals surface area (Å²) in [6, 6.07) is 6.02. The fourth-order valence-electron chi connectivity index (χ4n) is 2.50. The van der Waals surface area contributed by atoms with Gasteiger partial charge in [0.2, 0.25) is 5.13 Å². The third-order valence-corrected chi connectivity index (χ3v) is 4.38. The van der Waals surface area contributed by atoms with Gasteiger partial charge in [0.05, 0.1) is 12.8 Å². The molecule has 1 aromatic carbocycles. The highest BCUT2D eigenvalue weighted by atomic mass is 32.1. The summed E-state index contributed by atoms with van der Waals surface area (Å²) in [5.41, 5.74) is 8.59. The SMILES string of the molecule is COc1ccc2c(c1)CCCC2=NNc1nc(C(=O)NN)cs1. The fourth-order valence-corrected chi connectivity index (χ4v) is 3.13. The average molecular weight is 331 g/mol. The van der Waals surface area contributed by atoms with E-state index in [1.807, 2.05) is 12.1 Å². The van der Waals surface area contributed by atoms with Crippen molar-refractivity contribution in [2.45, 2.75) is 19.3 Å². The molecule has 0 unspecified atom stereocenters. The highest BCUT2D eigenvalue weighted by molar-refractivity contribution is 7.13. The standard InChI is InChI=1S/C15H17N5O2S/c1-22-10-5-6-11-9(7-10)3-2-4-12(11)19-20-15-17-13(8-23-15)14(21)18-16/h5-8H,2-4,16H2,1H3,(H,17,20)(H,18,21). The van der Waals surface area contributed by atoms with Crippen molar-refractivity contribution >= 4 is 28.1 Å². The van der Waals surface area contributed by atoms with E-state index in [4.69, 9.17) is 10.6 Å². The molecule has 23 heavy (non-hydrogen) atoms. The summed E-state index contributed by atoms with van der Waals surface area (Å²) in [7, 11) is 1.67. The molecule has 0 saturated carbocycles. The van der Waals surface area contributed by atoms with Crippen molar-refractivity contribution < 1.29 is 9.53 Å². The van der Waals surface area contributed by atoms with Gasteiger partial charge in [-0.1, -0.05) is 0 Å². The van der Waals surface area contributed by atoms with Crippen molar-refractivity contribution in [1.29, 1.82) is 0 Å².